The molecule has 138 valence electrons. The summed E-state index contributed by atoms with van der Waals surface area (Å²) in [4.78, 5) is 13.3. The average Bonchev–Trinajstić information content (AvgIpc) is 3.36. The minimum atomic E-state index is -0.624. The quantitative estimate of drug-likeness (QED) is 0.452. The Labute approximate surface area is 159 Å². The van der Waals surface area contributed by atoms with Gasteiger partial charge in [-0.2, -0.15) is 0 Å². The fraction of sp³-hybridized carbons (Fsp3) is 0.250. The number of rotatable bonds is 5. The maximum Gasteiger partial charge on any atom is 0.311 e. The Morgan fingerprint density at radius 2 is 2.07 bits per heavy atom. The summed E-state index contributed by atoms with van der Waals surface area (Å²) in [7, 11) is 0. The van der Waals surface area contributed by atoms with Crippen LogP contribution in [0.3, 0.4) is 0 Å². The van der Waals surface area contributed by atoms with Gasteiger partial charge in [0, 0.05) is 10.9 Å². The Morgan fingerprint density at radius 1 is 1.26 bits per heavy atom. The van der Waals surface area contributed by atoms with E-state index in [0.717, 1.165) is 32.5 Å². The van der Waals surface area contributed by atoms with Crippen molar-refractivity contribution in [1.29, 1.82) is 0 Å². The van der Waals surface area contributed by atoms with Crippen molar-refractivity contribution in [1.82, 2.24) is 10.2 Å². The molecule has 1 atom stereocenters. The molecule has 0 bridgehead atoms. The molecule has 7 heteroatoms. The highest BCUT2D eigenvalue weighted by molar-refractivity contribution is 7.13. The summed E-state index contributed by atoms with van der Waals surface area (Å²) in [6, 6.07) is 7.82. The summed E-state index contributed by atoms with van der Waals surface area (Å²) in [5, 5.41) is 10.9. The van der Waals surface area contributed by atoms with E-state index in [-0.39, 0.29) is 18.3 Å². The lowest BCUT2D eigenvalue weighted by molar-refractivity contribution is -0.148. The zero-order chi connectivity index (χ0) is 19.0. The molecular weight excluding hydrogens is 364 g/mol. The molecule has 0 spiro atoms. The van der Waals surface area contributed by atoms with Crippen molar-refractivity contribution in [3.63, 3.8) is 0 Å². The van der Waals surface area contributed by atoms with Crippen LogP contribution in [-0.2, 0) is 16.0 Å². The lowest BCUT2D eigenvalue weighted by Gasteiger charge is -2.09. The van der Waals surface area contributed by atoms with Gasteiger partial charge in [0.15, 0.2) is 6.10 Å². The van der Waals surface area contributed by atoms with Crippen LogP contribution in [0.5, 0.6) is 0 Å². The third kappa shape index (κ3) is 3.50. The fourth-order valence-corrected chi connectivity index (χ4v) is 3.46. The SMILES string of the molecule is Cc1cc2occ(CC(=O)OC(C)c3nnc(-c4cccs4)o3)c2cc1C. The van der Waals surface area contributed by atoms with Crippen LogP contribution in [0.15, 0.2) is 44.7 Å². The molecule has 27 heavy (non-hydrogen) atoms. The topological polar surface area (TPSA) is 78.4 Å². The van der Waals surface area contributed by atoms with Crippen LogP contribution in [0.4, 0.5) is 0 Å². The number of hydrogen-bond donors (Lipinski definition) is 0. The van der Waals surface area contributed by atoms with Gasteiger partial charge in [0.05, 0.1) is 17.6 Å². The first-order chi connectivity index (χ1) is 13.0. The minimum absolute atomic E-state index is 0.117. The number of esters is 1. The van der Waals surface area contributed by atoms with Crippen LogP contribution in [0, 0.1) is 13.8 Å². The highest BCUT2D eigenvalue weighted by Crippen LogP contribution is 2.28. The van der Waals surface area contributed by atoms with Crippen molar-refractivity contribution in [3.8, 4) is 10.8 Å². The molecule has 0 aliphatic carbocycles. The van der Waals surface area contributed by atoms with Gasteiger partial charge in [0.2, 0.25) is 0 Å². The lowest BCUT2D eigenvalue weighted by atomic mass is 10.0. The summed E-state index contributed by atoms with van der Waals surface area (Å²) in [6.45, 7) is 5.78. The summed E-state index contributed by atoms with van der Waals surface area (Å²) < 4.78 is 16.7. The van der Waals surface area contributed by atoms with Gasteiger partial charge >= 0.3 is 5.97 Å². The van der Waals surface area contributed by atoms with E-state index >= 15 is 0 Å². The molecule has 0 radical (unpaired) electrons. The van der Waals surface area contributed by atoms with Crippen LogP contribution < -0.4 is 0 Å². The molecule has 0 amide bonds. The molecule has 1 aromatic carbocycles. The van der Waals surface area contributed by atoms with E-state index in [1.165, 1.54) is 11.3 Å². The van der Waals surface area contributed by atoms with Gasteiger partial charge in [-0.25, -0.2) is 0 Å². The smallest absolute Gasteiger partial charge is 0.311 e. The summed E-state index contributed by atoms with van der Waals surface area (Å²) in [6.07, 6.45) is 1.10. The predicted octanol–water partition coefficient (Wildman–Crippen LogP) is 5.01. The van der Waals surface area contributed by atoms with Gasteiger partial charge in [-0.15, -0.1) is 21.5 Å². The minimum Gasteiger partial charge on any atom is -0.464 e. The van der Waals surface area contributed by atoms with Crippen LogP contribution in [0.2, 0.25) is 0 Å². The van der Waals surface area contributed by atoms with Gasteiger partial charge in [-0.3, -0.25) is 4.79 Å². The summed E-state index contributed by atoms with van der Waals surface area (Å²) >= 11 is 1.51. The number of benzene rings is 1. The highest BCUT2D eigenvalue weighted by atomic mass is 32.1. The van der Waals surface area contributed by atoms with Gasteiger partial charge in [0.25, 0.3) is 11.8 Å². The van der Waals surface area contributed by atoms with Crippen molar-refractivity contribution < 1.29 is 18.4 Å². The number of fused-ring (bicyclic) bond motifs is 1. The first kappa shape index (κ1) is 17.5. The van der Waals surface area contributed by atoms with Crippen molar-refractivity contribution in [2.24, 2.45) is 0 Å². The molecule has 1 unspecified atom stereocenters. The Balaban J connectivity index is 1.46. The Morgan fingerprint density at radius 3 is 2.85 bits per heavy atom. The van der Waals surface area contributed by atoms with Crippen molar-refractivity contribution >= 4 is 28.3 Å². The second-order valence-electron chi connectivity index (χ2n) is 6.43. The second kappa shape index (κ2) is 7.00. The van der Waals surface area contributed by atoms with Crippen molar-refractivity contribution in [2.75, 3.05) is 0 Å². The van der Waals surface area contributed by atoms with Crippen LogP contribution >= 0.6 is 11.3 Å². The zero-order valence-electron chi connectivity index (χ0n) is 15.2. The molecule has 0 saturated carbocycles. The number of thiophene rings is 1. The Kier molecular flexibility index (Phi) is 4.53. The maximum absolute atomic E-state index is 12.4. The van der Waals surface area contributed by atoms with Crippen LogP contribution in [0.1, 0.15) is 35.6 Å². The number of carbonyl (C=O) groups is 1. The van der Waals surface area contributed by atoms with E-state index in [1.807, 2.05) is 43.5 Å². The molecule has 3 heterocycles. The van der Waals surface area contributed by atoms with E-state index in [1.54, 1.807) is 13.2 Å². The number of nitrogens with zero attached hydrogens (tertiary/aromatic N) is 2. The highest BCUT2D eigenvalue weighted by Gasteiger charge is 2.20. The molecule has 4 rings (SSSR count). The number of carbonyl (C=O) groups excluding carboxylic acids is 1. The second-order valence-corrected chi connectivity index (χ2v) is 7.37. The Bertz CT molecular complexity index is 1090. The van der Waals surface area contributed by atoms with E-state index in [2.05, 4.69) is 10.2 Å². The monoisotopic (exact) mass is 382 g/mol. The van der Waals surface area contributed by atoms with E-state index in [0.29, 0.717) is 5.89 Å². The predicted molar refractivity (Wildman–Crippen MR) is 102 cm³/mol. The van der Waals surface area contributed by atoms with Gasteiger partial charge in [-0.1, -0.05) is 6.07 Å². The molecular formula is C20H18N2O4S. The largest absolute Gasteiger partial charge is 0.464 e. The molecule has 0 saturated heterocycles. The van der Waals surface area contributed by atoms with Crippen LogP contribution in [0.25, 0.3) is 21.7 Å². The molecule has 4 aromatic rings. The standard InChI is InChI=1S/C20H18N2O4S/c1-11-7-15-14(10-24-16(15)8-12(11)2)9-18(23)25-13(3)19-21-22-20(26-19)17-5-4-6-27-17/h4-8,10,13H,9H2,1-3H3. The third-order valence-electron chi connectivity index (χ3n) is 4.43. The first-order valence-corrected chi connectivity index (χ1v) is 9.43. The van der Waals surface area contributed by atoms with Crippen LogP contribution in [-0.4, -0.2) is 16.2 Å². The normalized spacial score (nSPS) is 12.4. The van der Waals surface area contributed by atoms with E-state index < -0.39 is 6.10 Å². The molecule has 6 nitrogen and oxygen atoms in total. The van der Waals surface area contributed by atoms with Gasteiger partial charge < -0.3 is 13.6 Å². The number of ether oxygens (including phenoxy) is 1. The summed E-state index contributed by atoms with van der Waals surface area (Å²) in [5.41, 5.74) is 3.87. The fourth-order valence-electron chi connectivity index (χ4n) is 2.82. The molecule has 0 aliphatic heterocycles. The number of aryl methyl sites for hydroxylation is 2. The molecule has 0 aliphatic rings. The Hall–Kier alpha value is -2.93. The van der Waals surface area contributed by atoms with Gasteiger partial charge in [-0.05, 0) is 55.5 Å². The maximum atomic E-state index is 12.4. The third-order valence-corrected chi connectivity index (χ3v) is 5.29. The number of hydrogen-bond acceptors (Lipinski definition) is 7. The van der Waals surface area contributed by atoms with Crippen molar-refractivity contribution in [3.05, 3.63) is 58.5 Å². The van der Waals surface area contributed by atoms with Crippen molar-refractivity contribution in [2.45, 2.75) is 33.3 Å². The summed E-state index contributed by atoms with van der Waals surface area (Å²) in [5.74, 6) is 0.323. The van der Waals surface area contributed by atoms with E-state index in [9.17, 15) is 4.79 Å². The van der Waals surface area contributed by atoms with E-state index in [4.69, 9.17) is 13.6 Å². The molecule has 3 aromatic heterocycles. The molecule has 0 fully saturated rings. The zero-order valence-corrected chi connectivity index (χ0v) is 16.0. The lowest BCUT2D eigenvalue weighted by Crippen LogP contribution is -2.11. The average molecular weight is 382 g/mol. The molecule has 0 N–H and O–H groups in total. The van der Waals surface area contributed by atoms with Gasteiger partial charge in [0.1, 0.15) is 5.58 Å². The first-order valence-electron chi connectivity index (χ1n) is 8.55. The number of aromatic nitrogens is 2. The number of furan rings is 1.